The summed E-state index contributed by atoms with van der Waals surface area (Å²) < 4.78 is 1.01. The summed E-state index contributed by atoms with van der Waals surface area (Å²) in [6.45, 7) is 8.83. The number of nitrogen functional groups attached to an aromatic ring is 1. The van der Waals surface area contributed by atoms with Crippen LogP contribution in [0.4, 0.5) is 5.82 Å². The van der Waals surface area contributed by atoms with Gasteiger partial charge in [-0.15, -0.1) is 0 Å². The minimum Gasteiger partial charge on any atom is -0.383 e. The Bertz CT molecular complexity index is 465. The lowest BCUT2D eigenvalue weighted by molar-refractivity contribution is 0.511. The lowest BCUT2D eigenvalue weighted by atomic mass is 9.91. The predicted octanol–water partition coefficient (Wildman–Crippen LogP) is 4.25. The van der Waals surface area contributed by atoms with Gasteiger partial charge in [0.25, 0.3) is 0 Å². The molecule has 2 atom stereocenters. The number of halogens is 1. The molecule has 1 aromatic heterocycles. The third-order valence-corrected chi connectivity index (χ3v) is 5.15. The summed E-state index contributed by atoms with van der Waals surface area (Å²) in [5, 5.41) is 0. The van der Waals surface area contributed by atoms with Gasteiger partial charge < -0.3 is 5.73 Å². The molecule has 1 aliphatic carbocycles. The van der Waals surface area contributed by atoms with E-state index >= 15 is 0 Å². The Balaban J connectivity index is 2.35. The topological polar surface area (TPSA) is 51.8 Å². The Morgan fingerprint density at radius 3 is 2.47 bits per heavy atom. The van der Waals surface area contributed by atoms with E-state index < -0.39 is 0 Å². The Hall–Kier alpha value is -0.390. The highest BCUT2D eigenvalue weighted by Gasteiger charge is 2.29. The van der Waals surface area contributed by atoms with E-state index in [1.165, 1.54) is 25.7 Å². The molecule has 1 fully saturated rings. The molecule has 1 aromatic rings. The molecule has 3 nitrogen and oxygen atoms in total. The zero-order valence-electron chi connectivity index (χ0n) is 12.3. The minimum atomic E-state index is 0.0189. The van der Waals surface area contributed by atoms with E-state index in [0.29, 0.717) is 11.7 Å². The molecule has 0 spiro atoms. The second-order valence-corrected chi connectivity index (χ2v) is 7.74. The first-order chi connectivity index (χ1) is 8.82. The summed E-state index contributed by atoms with van der Waals surface area (Å²) in [7, 11) is 0. The first-order valence-corrected chi connectivity index (χ1v) is 8.24. The molecular formula is C15H24IN3. The average Bonchev–Trinajstić information content (AvgIpc) is 2.79. The molecule has 2 rings (SSSR count). The van der Waals surface area contributed by atoms with Gasteiger partial charge in [-0.2, -0.15) is 0 Å². The van der Waals surface area contributed by atoms with Gasteiger partial charge in [-0.25, -0.2) is 9.97 Å². The Morgan fingerprint density at radius 1 is 1.26 bits per heavy atom. The summed E-state index contributed by atoms with van der Waals surface area (Å²) in [4.78, 5) is 9.41. The van der Waals surface area contributed by atoms with E-state index in [9.17, 15) is 0 Å². The summed E-state index contributed by atoms with van der Waals surface area (Å²) in [6.07, 6.45) is 5.01. The molecule has 0 bridgehead atoms. The molecule has 1 heterocycles. The maximum atomic E-state index is 6.09. The average molecular weight is 373 g/mol. The maximum Gasteiger partial charge on any atom is 0.140 e. The number of hydrogen-bond donors (Lipinski definition) is 1. The Kier molecular flexibility index (Phi) is 4.38. The molecular weight excluding hydrogens is 349 g/mol. The summed E-state index contributed by atoms with van der Waals surface area (Å²) in [6, 6.07) is 0. The van der Waals surface area contributed by atoms with Crippen molar-refractivity contribution in [2.45, 2.75) is 64.7 Å². The van der Waals surface area contributed by atoms with Crippen LogP contribution in [0.3, 0.4) is 0 Å². The normalized spacial score (nSPS) is 23.8. The SMILES string of the molecule is CCC1CCC(c2nc(N)c(I)c(C(C)(C)C)n2)C1. The smallest absolute Gasteiger partial charge is 0.140 e. The monoisotopic (exact) mass is 373 g/mol. The van der Waals surface area contributed by atoms with Crippen LogP contribution in [0.1, 0.15) is 70.8 Å². The number of aromatic nitrogens is 2. The van der Waals surface area contributed by atoms with Crippen molar-refractivity contribution in [1.29, 1.82) is 0 Å². The van der Waals surface area contributed by atoms with E-state index in [1.54, 1.807) is 0 Å². The van der Waals surface area contributed by atoms with Gasteiger partial charge in [0.05, 0.1) is 9.26 Å². The van der Waals surface area contributed by atoms with Crippen LogP contribution in [0.2, 0.25) is 0 Å². The van der Waals surface area contributed by atoms with Crippen molar-refractivity contribution >= 4 is 28.4 Å². The van der Waals surface area contributed by atoms with E-state index in [-0.39, 0.29) is 5.41 Å². The third kappa shape index (κ3) is 3.20. The van der Waals surface area contributed by atoms with E-state index in [0.717, 1.165) is 21.0 Å². The zero-order chi connectivity index (χ0) is 14.2. The molecule has 0 aliphatic heterocycles. The second kappa shape index (κ2) is 5.54. The van der Waals surface area contributed by atoms with Crippen LogP contribution in [-0.4, -0.2) is 9.97 Å². The van der Waals surface area contributed by atoms with E-state index in [2.05, 4.69) is 55.3 Å². The quantitative estimate of drug-likeness (QED) is 0.789. The molecule has 0 radical (unpaired) electrons. The Morgan fingerprint density at radius 2 is 1.95 bits per heavy atom. The van der Waals surface area contributed by atoms with Crippen molar-refractivity contribution in [1.82, 2.24) is 9.97 Å². The van der Waals surface area contributed by atoms with Gasteiger partial charge in [0.1, 0.15) is 11.6 Å². The van der Waals surface area contributed by atoms with Crippen LogP contribution in [0, 0.1) is 9.49 Å². The summed E-state index contributed by atoms with van der Waals surface area (Å²) in [5.74, 6) is 2.96. The first kappa shape index (κ1) is 15.0. The summed E-state index contributed by atoms with van der Waals surface area (Å²) >= 11 is 2.27. The van der Waals surface area contributed by atoms with Crippen LogP contribution < -0.4 is 5.73 Å². The van der Waals surface area contributed by atoms with Gasteiger partial charge in [0.15, 0.2) is 0 Å². The molecule has 2 unspecified atom stereocenters. The van der Waals surface area contributed by atoms with Gasteiger partial charge in [-0.3, -0.25) is 0 Å². The fraction of sp³-hybridized carbons (Fsp3) is 0.733. The molecule has 0 saturated heterocycles. The van der Waals surface area contributed by atoms with Crippen LogP contribution in [0.15, 0.2) is 0 Å². The number of nitrogens with zero attached hydrogens (tertiary/aromatic N) is 2. The van der Waals surface area contributed by atoms with E-state index in [4.69, 9.17) is 10.7 Å². The fourth-order valence-corrected chi connectivity index (χ4v) is 3.89. The number of nitrogens with two attached hydrogens (primary N) is 1. The van der Waals surface area contributed by atoms with Crippen LogP contribution in [0.5, 0.6) is 0 Å². The highest BCUT2D eigenvalue weighted by Crippen LogP contribution is 2.39. The zero-order valence-corrected chi connectivity index (χ0v) is 14.5. The molecule has 19 heavy (non-hydrogen) atoms. The van der Waals surface area contributed by atoms with E-state index in [1.807, 2.05) is 0 Å². The van der Waals surface area contributed by atoms with Crippen molar-refractivity contribution in [2.24, 2.45) is 5.92 Å². The largest absolute Gasteiger partial charge is 0.383 e. The molecule has 1 saturated carbocycles. The standard InChI is InChI=1S/C15H24IN3/c1-5-9-6-7-10(8-9)14-18-12(15(2,3)4)11(16)13(17)19-14/h9-10H,5-8H2,1-4H3,(H2,17,18,19). The van der Waals surface area contributed by atoms with Crippen molar-refractivity contribution in [3.8, 4) is 0 Å². The van der Waals surface area contributed by atoms with Gasteiger partial charge in [0.2, 0.25) is 0 Å². The van der Waals surface area contributed by atoms with Crippen molar-refractivity contribution in [3.63, 3.8) is 0 Å². The van der Waals surface area contributed by atoms with Crippen molar-refractivity contribution in [2.75, 3.05) is 5.73 Å². The highest BCUT2D eigenvalue weighted by atomic mass is 127. The third-order valence-electron chi connectivity index (χ3n) is 4.09. The number of anilines is 1. The van der Waals surface area contributed by atoms with Gasteiger partial charge in [-0.1, -0.05) is 34.1 Å². The highest BCUT2D eigenvalue weighted by molar-refractivity contribution is 14.1. The fourth-order valence-electron chi connectivity index (χ4n) is 2.84. The molecule has 106 valence electrons. The molecule has 1 aliphatic rings. The number of rotatable bonds is 2. The van der Waals surface area contributed by atoms with Crippen LogP contribution >= 0.6 is 22.6 Å². The molecule has 0 amide bonds. The maximum absolute atomic E-state index is 6.09. The minimum absolute atomic E-state index is 0.0189. The molecule has 0 aromatic carbocycles. The second-order valence-electron chi connectivity index (χ2n) is 6.66. The van der Waals surface area contributed by atoms with Gasteiger partial charge in [0, 0.05) is 11.3 Å². The predicted molar refractivity (Wildman–Crippen MR) is 88.2 cm³/mol. The van der Waals surface area contributed by atoms with Gasteiger partial charge in [-0.05, 0) is 47.8 Å². The lowest BCUT2D eigenvalue weighted by Crippen LogP contribution is -2.20. The van der Waals surface area contributed by atoms with Crippen molar-refractivity contribution < 1.29 is 0 Å². The van der Waals surface area contributed by atoms with Crippen LogP contribution in [0.25, 0.3) is 0 Å². The molecule has 2 N–H and O–H groups in total. The first-order valence-electron chi connectivity index (χ1n) is 7.16. The lowest BCUT2D eigenvalue weighted by Gasteiger charge is -2.22. The van der Waals surface area contributed by atoms with Crippen molar-refractivity contribution in [3.05, 3.63) is 15.1 Å². The van der Waals surface area contributed by atoms with Crippen LogP contribution in [-0.2, 0) is 5.41 Å². The summed E-state index contributed by atoms with van der Waals surface area (Å²) in [5.41, 5.74) is 7.21. The Labute approximate surface area is 129 Å². The molecule has 4 heteroatoms. The number of hydrogen-bond acceptors (Lipinski definition) is 3. The van der Waals surface area contributed by atoms with Gasteiger partial charge >= 0.3 is 0 Å².